The van der Waals surface area contributed by atoms with Gasteiger partial charge in [0.2, 0.25) is 6.79 Å². The first-order chi connectivity index (χ1) is 14.4. The van der Waals surface area contributed by atoms with Gasteiger partial charge < -0.3 is 24.7 Å². The molecule has 0 aromatic heterocycles. The van der Waals surface area contributed by atoms with E-state index in [4.69, 9.17) is 9.47 Å². The zero-order valence-corrected chi connectivity index (χ0v) is 17.4. The minimum atomic E-state index is -1.19. The first kappa shape index (κ1) is 21.5. The molecule has 9 heteroatoms. The third-order valence-corrected chi connectivity index (χ3v) is 4.72. The molecular formula is C21H18BrN2O6-. The molecule has 2 amide bonds. The number of carbonyl (C=O) groups excluding carboxylic acids is 3. The Labute approximate surface area is 181 Å². The standard InChI is InChI=1S/C21H19BrN2O6/c22-15-4-1-3-14(11-15)20(27)24-16(21(28)23-8-2-5-19(25)26)9-13-6-7-17-18(10-13)30-12-29-17/h1,3-4,6-7,10-11H,2,5,8-9,12H2,(H,23,28)(H,25,26)/p-1. The number of ether oxygens (including phenoxy) is 2. The Morgan fingerprint density at radius 1 is 1.10 bits per heavy atom. The highest BCUT2D eigenvalue weighted by Crippen LogP contribution is 2.32. The van der Waals surface area contributed by atoms with Crippen molar-refractivity contribution in [2.75, 3.05) is 13.3 Å². The largest absolute Gasteiger partial charge is 0.550 e. The zero-order valence-electron chi connectivity index (χ0n) is 15.9. The van der Waals surface area contributed by atoms with Gasteiger partial charge in [-0.05, 0) is 48.7 Å². The van der Waals surface area contributed by atoms with Crippen molar-refractivity contribution in [3.05, 3.63) is 58.1 Å². The number of benzene rings is 2. The highest BCUT2D eigenvalue weighted by atomic mass is 79.9. The minimum Gasteiger partial charge on any atom is -0.550 e. The predicted molar refractivity (Wildman–Crippen MR) is 109 cm³/mol. The molecule has 1 aliphatic rings. The van der Waals surface area contributed by atoms with Crippen LogP contribution in [0, 0.1) is 0 Å². The van der Waals surface area contributed by atoms with Crippen LogP contribution in [0.2, 0.25) is 0 Å². The number of nitrogens with zero attached hydrogens (tertiary/aromatic N) is 1. The number of aliphatic imine (C=N–C) groups is 1. The summed E-state index contributed by atoms with van der Waals surface area (Å²) in [4.78, 5) is 39.8. The van der Waals surface area contributed by atoms with Crippen molar-refractivity contribution in [3.8, 4) is 11.5 Å². The molecule has 1 aliphatic heterocycles. The van der Waals surface area contributed by atoms with E-state index in [2.05, 4.69) is 26.2 Å². The predicted octanol–water partition coefficient (Wildman–Crippen LogP) is 1.65. The first-order valence-corrected chi connectivity index (χ1v) is 9.95. The van der Waals surface area contributed by atoms with Gasteiger partial charge in [-0.15, -0.1) is 0 Å². The molecule has 1 heterocycles. The van der Waals surface area contributed by atoms with Gasteiger partial charge in [0.25, 0.3) is 11.8 Å². The number of nitrogens with one attached hydrogen (secondary N) is 1. The molecule has 2 aromatic rings. The molecule has 0 unspecified atom stereocenters. The van der Waals surface area contributed by atoms with Crippen LogP contribution in [0.15, 0.2) is 51.9 Å². The van der Waals surface area contributed by atoms with Crippen LogP contribution in [0.3, 0.4) is 0 Å². The van der Waals surface area contributed by atoms with E-state index in [-0.39, 0.29) is 38.3 Å². The lowest BCUT2D eigenvalue weighted by Crippen LogP contribution is -2.34. The second kappa shape index (κ2) is 10.0. The maximum atomic E-state index is 12.6. The SMILES string of the molecule is O=C([O-])CCCNC(=O)C(Cc1ccc2c(c1)OCO2)=NC(=O)c1cccc(Br)c1. The van der Waals surface area contributed by atoms with Gasteiger partial charge in [-0.3, -0.25) is 9.59 Å². The molecule has 30 heavy (non-hydrogen) atoms. The quantitative estimate of drug-likeness (QED) is 0.460. The van der Waals surface area contributed by atoms with Crippen LogP contribution in [0.4, 0.5) is 0 Å². The fourth-order valence-corrected chi connectivity index (χ4v) is 3.16. The maximum absolute atomic E-state index is 12.6. The van der Waals surface area contributed by atoms with Crippen LogP contribution >= 0.6 is 15.9 Å². The third-order valence-electron chi connectivity index (χ3n) is 4.22. The van der Waals surface area contributed by atoms with Crippen LogP contribution < -0.4 is 19.9 Å². The number of aliphatic carboxylic acids is 1. The Kier molecular flexibility index (Phi) is 7.18. The van der Waals surface area contributed by atoms with Crippen molar-refractivity contribution in [1.29, 1.82) is 0 Å². The number of rotatable bonds is 8. The molecule has 0 atom stereocenters. The van der Waals surface area contributed by atoms with Gasteiger partial charge in [0.1, 0.15) is 5.71 Å². The van der Waals surface area contributed by atoms with Crippen LogP contribution in [0.5, 0.6) is 11.5 Å². The van der Waals surface area contributed by atoms with Crippen LogP contribution in [0.1, 0.15) is 28.8 Å². The fraction of sp³-hybridized carbons (Fsp3) is 0.238. The second-order valence-electron chi connectivity index (χ2n) is 6.47. The Balaban J connectivity index is 1.79. The van der Waals surface area contributed by atoms with Crippen LogP contribution in [0.25, 0.3) is 0 Å². The summed E-state index contributed by atoms with van der Waals surface area (Å²) in [6.45, 7) is 0.248. The van der Waals surface area contributed by atoms with Crippen molar-refractivity contribution < 1.29 is 29.0 Å². The maximum Gasteiger partial charge on any atom is 0.277 e. The number of hydrogen-bond donors (Lipinski definition) is 1. The van der Waals surface area contributed by atoms with E-state index in [1.54, 1.807) is 42.5 Å². The Bertz CT molecular complexity index is 1000. The average Bonchev–Trinajstić information content (AvgIpc) is 3.18. The Morgan fingerprint density at radius 2 is 1.90 bits per heavy atom. The smallest absolute Gasteiger partial charge is 0.277 e. The molecule has 0 fully saturated rings. The molecule has 2 aromatic carbocycles. The average molecular weight is 474 g/mol. The molecule has 0 bridgehead atoms. The summed E-state index contributed by atoms with van der Waals surface area (Å²) >= 11 is 3.30. The van der Waals surface area contributed by atoms with E-state index in [1.807, 2.05) is 0 Å². The highest BCUT2D eigenvalue weighted by molar-refractivity contribution is 9.10. The highest BCUT2D eigenvalue weighted by Gasteiger charge is 2.18. The molecule has 0 spiro atoms. The molecule has 0 radical (unpaired) electrons. The topological polar surface area (TPSA) is 117 Å². The van der Waals surface area contributed by atoms with Gasteiger partial charge in [0.05, 0.1) is 0 Å². The lowest BCUT2D eigenvalue weighted by Gasteiger charge is -2.09. The van der Waals surface area contributed by atoms with Gasteiger partial charge >= 0.3 is 0 Å². The number of halogens is 1. The molecule has 0 saturated heterocycles. The van der Waals surface area contributed by atoms with E-state index >= 15 is 0 Å². The second-order valence-corrected chi connectivity index (χ2v) is 7.39. The minimum absolute atomic E-state index is 0.00675. The summed E-state index contributed by atoms with van der Waals surface area (Å²) in [6, 6.07) is 11.9. The lowest BCUT2D eigenvalue weighted by atomic mass is 10.1. The van der Waals surface area contributed by atoms with E-state index in [9.17, 15) is 19.5 Å². The Morgan fingerprint density at radius 3 is 2.67 bits per heavy atom. The van der Waals surface area contributed by atoms with E-state index < -0.39 is 17.8 Å². The molecular weight excluding hydrogens is 456 g/mol. The molecule has 8 nitrogen and oxygen atoms in total. The summed E-state index contributed by atoms with van der Waals surface area (Å²) in [6.07, 6.45) is 0.125. The van der Waals surface area contributed by atoms with Crippen LogP contribution in [-0.4, -0.2) is 36.8 Å². The zero-order chi connectivity index (χ0) is 21.5. The summed E-state index contributed by atoms with van der Waals surface area (Å²) in [5.41, 5.74) is 1.05. The number of carboxylic acid groups (broad SMARTS) is 1. The summed E-state index contributed by atoms with van der Waals surface area (Å²) < 4.78 is 11.3. The van der Waals surface area contributed by atoms with Gasteiger partial charge in [0, 0.05) is 29.0 Å². The number of carboxylic acids is 1. The summed E-state index contributed by atoms with van der Waals surface area (Å²) in [7, 11) is 0. The number of amides is 2. The van der Waals surface area contributed by atoms with Gasteiger partial charge in [-0.2, -0.15) is 0 Å². The number of carbonyl (C=O) groups is 3. The molecule has 3 rings (SSSR count). The van der Waals surface area contributed by atoms with Gasteiger partial charge in [-0.25, -0.2) is 4.99 Å². The molecule has 0 aliphatic carbocycles. The lowest BCUT2D eigenvalue weighted by molar-refractivity contribution is -0.305. The normalized spacial score (nSPS) is 12.5. The number of hydrogen-bond acceptors (Lipinski definition) is 6. The van der Waals surface area contributed by atoms with Crippen molar-refractivity contribution >= 4 is 39.4 Å². The van der Waals surface area contributed by atoms with E-state index in [0.717, 1.165) is 0 Å². The summed E-state index contributed by atoms with van der Waals surface area (Å²) in [5.74, 6) is -1.14. The molecule has 1 N–H and O–H groups in total. The van der Waals surface area contributed by atoms with Gasteiger partial charge in [-0.1, -0.05) is 28.1 Å². The van der Waals surface area contributed by atoms with Crippen molar-refractivity contribution in [2.24, 2.45) is 4.99 Å². The van der Waals surface area contributed by atoms with E-state index in [1.165, 1.54) is 0 Å². The summed E-state index contributed by atoms with van der Waals surface area (Å²) in [5, 5.41) is 13.1. The molecule has 156 valence electrons. The number of fused-ring (bicyclic) bond motifs is 1. The van der Waals surface area contributed by atoms with E-state index in [0.29, 0.717) is 27.1 Å². The monoisotopic (exact) mass is 473 g/mol. The Hall–Kier alpha value is -3.20. The molecule has 0 saturated carbocycles. The van der Waals surface area contributed by atoms with Crippen molar-refractivity contribution in [3.63, 3.8) is 0 Å². The van der Waals surface area contributed by atoms with Crippen LogP contribution in [-0.2, 0) is 16.0 Å². The van der Waals surface area contributed by atoms with Gasteiger partial charge in [0.15, 0.2) is 11.5 Å². The van der Waals surface area contributed by atoms with Crippen molar-refractivity contribution in [2.45, 2.75) is 19.3 Å². The third kappa shape index (κ3) is 5.90. The fourth-order valence-electron chi connectivity index (χ4n) is 2.76. The van der Waals surface area contributed by atoms with Crippen molar-refractivity contribution in [1.82, 2.24) is 5.32 Å². The first-order valence-electron chi connectivity index (χ1n) is 9.16.